The number of aromatic amines is 1. The molecule has 21 heavy (non-hydrogen) atoms. The Kier molecular flexibility index (Phi) is 3.65. The fraction of sp³-hybridized carbons (Fsp3) is 0.167. The molecule has 108 valence electrons. The summed E-state index contributed by atoms with van der Waals surface area (Å²) in [5.41, 5.74) is 0. The van der Waals surface area contributed by atoms with E-state index in [1.807, 2.05) is 0 Å². The van der Waals surface area contributed by atoms with Crippen molar-refractivity contribution >= 4 is 15.9 Å². The van der Waals surface area contributed by atoms with Crippen molar-refractivity contribution in [2.45, 2.75) is 13.0 Å². The lowest BCUT2D eigenvalue weighted by Crippen LogP contribution is -2.04. The van der Waals surface area contributed by atoms with Crippen LogP contribution in [0.2, 0.25) is 0 Å². The number of ether oxygens (including phenoxy) is 1. The molecule has 0 aliphatic rings. The standard InChI is InChI=1S/C12H9BrFN5O2/c1-6(20-9-3-2-7(13)4-8(9)14)12-17-11(19-21-12)10-15-5-16-18-10/h2-6H,1H3,(H,15,16,18)/t6-/m0/s1. The lowest BCUT2D eigenvalue weighted by Gasteiger charge is -2.11. The molecule has 3 rings (SSSR count). The summed E-state index contributed by atoms with van der Waals surface area (Å²) < 4.78 is 24.9. The smallest absolute Gasteiger partial charge is 0.267 e. The highest BCUT2D eigenvalue weighted by atomic mass is 79.9. The molecular formula is C12H9BrFN5O2. The first-order valence-electron chi connectivity index (χ1n) is 5.94. The molecular weight excluding hydrogens is 345 g/mol. The van der Waals surface area contributed by atoms with Crippen molar-refractivity contribution in [3.8, 4) is 17.4 Å². The molecule has 0 fully saturated rings. The number of nitrogens with one attached hydrogen (secondary N) is 1. The van der Waals surface area contributed by atoms with Gasteiger partial charge in [0.15, 0.2) is 23.5 Å². The van der Waals surface area contributed by atoms with Gasteiger partial charge in [-0.1, -0.05) is 21.1 Å². The van der Waals surface area contributed by atoms with Gasteiger partial charge in [0, 0.05) is 4.47 Å². The van der Waals surface area contributed by atoms with E-state index in [2.05, 4.69) is 41.3 Å². The SMILES string of the molecule is C[C@H](Oc1ccc(Br)cc1F)c1nc(-c2ncn[nH]2)no1. The summed E-state index contributed by atoms with van der Waals surface area (Å²) in [6.07, 6.45) is 0.729. The predicted molar refractivity (Wildman–Crippen MR) is 72.8 cm³/mol. The minimum absolute atomic E-state index is 0.102. The van der Waals surface area contributed by atoms with Crippen molar-refractivity contribution in [1.29, 1.82) is 0 Å². The largest absolute Gasteiger partial charge is 0.478 e. The summed E-state index contributed by atoms with van der Waals surface area (Å²) in [4.78, 5) is 8.04. The summed E-state index contributed by atoms with van der Waals surface area (Å²) in [6.45, 7) is 1.68. The number of nitrogens with zero attached hydrogens (tertiary/aromatic N) is 4. The zero-order valence-electron chi connectivity index (χ0n) is 10.7. The maximum atomic E-state index is 13.7. The third-order valence-electron chi connectivity index (χ3n) is 2.61. The molecule has 0 bridgehead atoms. The van der Waals surface area contributed by atoms with Crippen LogP contribution in [0.5, 0.6) is 5.75 Å². The molecule has 1 N–H and O–H groups in total. The van der Waals surface area contributed by atoms with Crippen molar-refractivity contribution in [3.63, 3.8) is 0 Å². The number of H-pyrrole nitrogens is 1. The molecule has 0 radical (unpaired) electrons. The third-order valence-corrected chi connectivity index (χ3v) is 3.11. The van der Waals surface area contributed by atoms with E-state index >= 15 is 0 Å². The summed E-state index contributed by atoms with van der Waals surface area (Å²) in [6, 6.07) is 4.51. The van der Waals surface area contributed by atoms with E-state index in [4.69, 9.17) is 9.26 Å². The predicted octanol–water partition coefficient (Wildman–Crippen LogP) is 2.90. The Hall–Kier alpha value is -2.29. The molecule has 0 spiro atoms. The highest BCUT2D eigenvalue weighted by Gasteiger charge is 2.19. The Balaban J connectivity index is 1.78. The number of benzene rings is 1. The number of halogens is 2. The lowest BCUT2D eigenvalue weighted by molar-refractivity contribution is 0.169. The molecule has 9 heteroatoms. The van der Waals surface area contributed by atoms with Crippen LogP contribution in [-0.2, 0) is 0 Å². The van der Waals surface area contributed by atoms with Gasteiger partial charge in [-0.05, 0) is 25.1 Å². The summed E-state index contributed by atoms with van der Waals surface area (Å²) in [5.74, 6) is 0.473. The van der Waals surface area contributed by atoms with E-state index in [1.54, 1.807) is 13.0 Å². The second-order valence-electron chi connectivity index (χ2n) is 4.13. The first kappa shape index (κ1) is 13.7. The van der Waals surface area contributed by atoms with Crippen LogP contribution in [0.15, 0.2) is 33.5 Å². The molecule has 2 aromatic heterocycles. The molecule has 7 nitrogen and oxygen atoms in total. The summed E-state index contributed by atoms with van der Waals surface area (Å²) in [5, 5.41) is 10.1. The van der Waals surface area contributed by atoms with Crippen LogP contribution < -0.4 is 4.74 Å². The van der Waals surface area contributed by atoms with E-state index in [-0.39, 0.29) is 17.5 Å². The molecule has 0 aliphatic carbocycles. The summed E-state index contributed by atoms with van der Waals surface area (Å²) in [7, 11) is 0. The molecule has 3 aromatic rings. The normalized spacial score (nSPS) is 12.3. The fourth-order valence-corrected chi connectivity index (χ4v) is 1.95. The zero-order valence-corrected chi connectivity index (χ0v) is 12.3. The number of hydrogen-bond donors (Lipinski definition) is 1. The van der Waals surface area contributed by atoms with Gasteiger partial charge in [-0.2, -0.15) is 10.1 Å². The molecule has 2 heterocycles. The van der Waals surface area contributed by atoms with Gasteiger partial charge < -0.3 is 9.26 Å². The van der Waals surface area contributed by atoms with E-state index in [1.165, 1.54) is 18.5 Å². The molecule has 1 atom stereocenters. The van der Waals surface area contributed by atoms with Crippen molar-refractivity contribution in [1.82, 2.24) is 25.3 Å². The maximum absolute atomic E-state index is 13.7. The summed E-state index contributed by atoms with van der Waals surface area (Å²) >= 11 is 3.18. The van der Waals surface area contributed by atoms with Gasteiger partial charge in [-0.25, -0.2) is 9.37 Å². The molecule has 0 saturated carbocycles. The van der Waals surface area contributed by atoms with Crippen molar-refractivity contribution < 1.29 is 13.7 Å². The van der Waals surface area contributed by atoms with Gasteiger partial charge in [-0.15, -0.1) is 0 Å². The van der Waals surface area contributed by atoms with E-state index in [9.17, 15) is 4.39 Å². The highest BCUT2D eigenvalue weighted by Crippen LogP contribution is 2.26. The van der Waals surface area contributed by atoms with Crippen molar-refractivity contribution in [2.24, 2.45) is 0 Å². The van der Waals surface area contributed by atoms with Gasteiger partial charge in [0.05, 0.1) is 0 Å². The van der Waals surface area contributed by atoms with Crippen LogP contribution in [-0.4, -0.2) is 25.3 Å². The second kappa shape index (κ2) is 5.60. The van der Waals surface area contributed by atoms with Gasteiger partial charge >= 0.3 is 0 Å². The average molecular weight is 354 g/mol. The molecule has 0 saturated heterocycles. The van der Waals surface area contributed by atoms with Gasteiger partial charge in [-0.3, -0.25) is 5.10 Å². The van der Waals surface area contributed by atoms with Crippen molar-refractivity contribution in [3.05, 3.63) is 40.7 Å². The highest BCUT2D eigenvalue weighted by molar-refractivity contribution is 9.10. The zero-order chi connectivity index (χ0) is 14.8. The van der Waals surface area contributed by atoms with Crippen LogP contribution >= 0.6 is 15.9 Å². The minimum atomic E-state index is -0.607. The quantitative estimate of drug-likeness (QED) is 0.775. The van der Waals surface area contributed by atoms with Crippen LogP contribution in [0.4, 0.5) is 4.39 Å². The van der Waals surface area contributed by atoms with Gasteiger partial charge in [0.25, 0.3) is 5.89 Å². The molecule has 1 aromatic carbocycles. The van der Waals surface area contributed by atoms with Crippen molar-refractivity contribution in [2.75, 3.05) is 0 Å². The molecule has 0 unspecified atom stereocenters. The average Bonchev–Trinajstić information content (AvgIpc) is 3.10. The maximum Gasteiger partial charge on any atom is 0.267 e. The van der Waals surface area contributed by atoms with E-state index < -0.39 is 11.9 Å². The van der Waals surface area contributed by atoms with E-state index in [0.717, 1.165) is 0 Å². The molecule has 0 amide bonds. The topological polar surface area (TPSA) is 89.7 Å². The van der Waals surface area contributed by atoms with Gasteiger partial charge in [0.2, 0.25) is 5.82 Å². The first-order valence-corrected chi connectivity index (χ1v) is 6.74. The number of rotatable bonds is 4. The van der Waals surface area contributed by atoms with Crippen LogP contribution in [0.3, 0.4) is 0 Å². The Morgan fingerprint density at radius 2 is 2.29 bits per heavy atom. The Morgan fingerprint density at radius 1 is 1.43 bits per heavy atom. The fourth-order valence-electron chi connectivity index (χ4n) is 1.62. The monoisotopic (exact) mass is 353 g/mol. The van der Waals surface area contributed by atoms with Gasteiger partial charge in [0.1, 0.15) is 6.33 Å². The number of aromatic nitrogens is 5. The van der Waals surface area contributed by atoms with Crippen LogP contribution in [0.25, 0.3) is 11.6 Å². The Morgan fingerprint density at radius 3 is 3.00 bits per heavy atom. The lowest BCUT2D eigenvalue weighted by atomic mass is 10.3. The third kappa shape index (κ3) is 2.92. The first-order chi connectivity index (χ1) is 10.1. The Bertz CT molecular complexity index is 746. The Labute approximate surface area is 126 Å². The van der Waals surface area contributed by atoms with Crippen LogP contribution in [0, 0.1) is 5.82 Å². The minimum Gasteiger partial charge on any atom is -0.478 e. The number of hydrogen-bond acceptors (Lipinski definition) is 6. The van der Waals surface area contributed by atoms with E-state index in [0.29, 0.717) is 10.3 Å². The van der Waals surface area contributed by atoms with Crippen LogP contribution in [0.1, 0.15) is 18.9 Å². The molecule has 0 aliphatic heterocycles. The second-order valence-corrected chi connectivity index (χ2v) is 5.04.